The van der Waals surface area contributed by atoms with E-state index in [4.69, 9.17) is 5.73 Å². The van der Waals surface area contributed by atoms with E-state index in [-0.39, 0.29) is 5.75 Å². The maximum atomic E-state index is 12.1. The van der Waals surface area contributed by atoms with E-state index in [1.807, 2.05) is 6.20 Å². The summed E-state index contributed by atoms with van der Waals surface area (Å²) in [5, 5.41) is 4.01. The van der Waals surface area contributed by atoms with Gasteiger partial charge < -0.3 is 5.73 Å². The quantitative estimate of drug-likeness (QED) is 0.837. The summed E-state index contributed by atoms with van der Waals surface area (Å²) >= 11 is 0. The number of rotatable bonds is 4. The van der Waals surface area contributed by atoms with E-state index in [0.717, 1.165) is 5.56 Å². The Bertz CT molecular complexity index is 630. The minimum Gasteiger partial charge on any atom is -0.399 e. The molecule has 1 heterocycles. The summed E-state index contributed by atoms with van der Waals surface area (Å²) in [6.07, 6.45) is 3.96. The molecule has 5 nitrogen and oxygen atoms in total. The predicted octanol–water partition coefficient (Wildman–Crippen LogP) is 1.02. The minimum atomic E-state index is -3.26. The molecule has 0 aliphatic carbocycles. The lowest BCUT2D eigenvalue weighted by atomic mass is 10.3. The van der Waals surface area contributed by atoms with Crippen molar-refractivity contribution in [1.82, 2.24) is 9.78 Å². The van der Waals surface area contributed by atoms with Gasteiger partial charge in [0.15, 0.2) is 9.84 Å². The van der Waals surface area contributed by atoms with E-state index >= 15 is 0 Å². The van der Waals surface area contributed by atoms with Crippen LogP contribution < -0.4 is 5.73 Å². The zero-order chi connectivity index (χ0) is 13.2. The molecule has 2 rings (SSSR count). The molecule has 96 valence electrons. The molecule has 0 spiro atoms. The van der Waals surface area contributed by atoms with Crippen molar-refractivity contribution in [3.8, 4) is 0 Å². The molecular weight excluding hydrogens is 250 g/mol. The van der Waals surface area contributed by atoms with Crippen LogP contribution in [0, 0.1) is 0 Å². The largest absolute Gasteiger partial charge is 0.399 e. The van der Waals surface area contributed by atoms with Crippen molar-refractivity contribution in [2.45, 2.75) is 11.3 Å². The molecule has 0 saturated carbocycles. The Labute approximate surface area is 106 Å². The molecule has 1 aromatic heterocycles. The lowest BCUT2D eigenvalue weighted by Crippen LogP contribution is -2.09. The van der Waals surface area contributed by atoms with E-state index < -0.39 is 9.84 Å². The zero-order valence-electron chi connectivity index (χ0n) is 10.1. The topological polar surface area (TPSA) is 78.0 Å². The minimum absolute atomic E-state index is 0.0720. The fraction of sp³-hybridized carbons (Fsp3) is 0.250. The van der Waals surface area contributed by atoms with Crippen LogP contribution in [0.2, 0.25) is 0 Å². The van der Waals surface area contributed by atoms with Gasteiger partial charge in [0.2, 0.25) is 0 Å². The summed E-state index contributed by atoms with van der Waals surface area (Å²) in [6, 6.07) is 6.26. The Hall–Kier alpha value is -1.82. The van der Waals surface area contributed by atoms with Crippen molar-refractivity contribution in [1.29, 1.82) is 0 Å². The first-order valence-corrected chi connectivity index (χ1v) is 7.18. The highest BCUT2D eigenvalue weighted by atomic mass is 32.2. The Morgan fingerprint density at radius 2 is 1.94 bits per heavy atom. The van der Waals surface area contributed by atoms with Gasteiger partial charge in [-0.2, -0.15) is 5.10 Å². The molecule has 6 heteroatoms. The molecule has 0 aliphatic heterocycles. The van der Waals surface area contributed by atoms with Crippen LogP contribution in [0.4, 0.5) is 5.69 Å². The molecule has 1 aromatic carbocycles. The molecule has 0 fully saturated rings. The average Bonchev–Trinajstić information content (AvgIpc) is 2.73. The summed E-state index contributed by atoms with van der Waals surface area (Å²) in [6.45, 7) is 0. The smallest absolute Gasteiger partial charge is 0.178 e. The highest BCUT2D eigenvalue weighted by Crippen LogP contribution is 2.14. The zero-order valence-corrected chi connectivity index (χ0v) is 10.9. The number of hydrogen-bond donors (Lipinski definition) is 1. The summed E-state index contributed by atoms with van der Waals surface area (Å²) < 4.78 is 25.8. The maximum absolute atomic E-state index is 12.1. The number of nitrogens with two attached hydrogens (primary N) is 1. The maximum Gasteiger partial charge on any atom is 0.178 e. The Morgan fingerprint density at radius 3 is 2.50 bits per heavy atom. The van der Waals surface area contributed by atoms with Crippen molar-refractivity contribution >= 4 is 15.5 Å². The van der Waals surface area contributed by atoms with Gasteiger partial charge in [0.05, 0.1) is 16.8 Å². The first kappa shape index (κ1) is 12.6. The summed E-state index contributed by atoms with van der Waals surface area (Å²) in [7, 11) is -1.46. The number of hydrogen-bond acceptors (Lipinski definition) is 4. The van der Waals surface area contributed by atoms with Crippen molar-refractivity contribution in [3.05, 3.63) is 42.2 Å². The van der Waals surface area contributed by atoms with Crippen molar-refractivity contribution in [2.75, 3.05) is 11.5 Å². The van der Waals surface area contributed by atoms with E-state index in [2.05, 4.69) is 5.10 Å². The molecule has 2 aromatic rings. The van der Waals surface area contributed by atoms with E-state index in [9.17, 15) is 8.42 Å². The number of benzene rings is 1. The lowest BCUT2D eigenvalue weighted by molar-refractivity contribution is 0.595. The van der Waals surface area contributed by atoms with Crippen LogP contribution in [0.5, 0.6) is 0 Å². The van der Waals surface area contributed by atoms with Gasteiger partial charge in [-0.25, -0.2) is 8.42 Å². The van der Waals surface area contributed by atoms with Crippen LogP contribution in [-0.2, 0) is 23.3 Å². The van der Waals surface area contributed by atoms with Gasteiger partial charge in [-0.15, -0.1) is 0 Å². The van der Waals surface area contributed by atoms with Crippen molar-refractivity contribution in [2.24, 2.45) is 7.05 Å². The van der Waals surface area contributed by atoms with Crippen LogP contribution in [0.25, 0.3) is 0 Å². The number of sulfone groups is 1. The van der Waals surface area contributed by atoms with Crippen molar-refractivity contribution < 1.29 is 8.42 Å². The molecule has 18 heavy (non-hydrogen) atoms. The number of anilines is 1. The molecule has 0 unspecified atom stereocenters. The fourth-order valence-electron chi connectivity index (χ4n) is 1.65. The van der Waals surface area contributed by atoms with E-state index in [1.54, 1.807) is 30.1 Å². The number of nitrogens with zero attached hydrogens (tertiary/aromatic N) is 2. The summed E-state index contributed by atoms with van der Waals surface area (Å²) in [5.74, 6) is 0.0720. The van der Waals surface area contributed by atoms with Gasteiger partial charge in [0.1, 0.15) is 0 Å². The van der Waals surface area contributed by atoms with Crippen LogP contribution in [0.3, 0.4) is 0 Å². The third kappa shape index (κ3) is 2.89. The monoisotopic (exact) mass is 265 g/mol. The normalized spacial score (nSPS) is 11.6. The molecule has 0 radical (unpaired) electrons. The van der Waals surface area contributed by atoms with Gasteiger partial charge in [-0.1, -0.05) is 0 Å². The number of nitrogen functional groups attached to an aromatic ring is 1. The second-order valence-corrected chi connectivity index (χ2v) is 6.27. The van der Waals surface area contributed by atoms with Gasteiger partial charge in [0.25, 0.3) is 0 Å². The second-order valence-electron chi connectivity index (χ2n) is 4.16. The van der Waals surface area contributed by atoms with E-state index in [1.165, 1.54) is 12.1 Å². The summed E-state index contributed by atoms with van der Waals surface area (Å²) in [5.41, 5.74) is 7.00. The Balaban J connectivity index is 2.10. The summed E-state index contributed by atoms with van der Waals surface area (Å²) in [4.78, 5) is 0.306. The third-order valence-corrected chi connectivity index (χ3v) is 4.39. The highest BCUT2D eigenvalue weighted by molar-refractivity contribution is 7.91. The molecule has 0 atom stereocenters. The van der Waals surface area contributed by atoms with E-state index in [0.29, 0.717) is 17.0 Å². The van der Waals surface area contributed by atoms with Gasteiger partial charge in [-0.05, 0) is 36.2 Å². The Morgan fingerprint density at radius 1 is 1.28 bits per heavy atom. The number of aryl methyl sites for hydroxylation is 2. The molecule has 0 aliphatic rings. The third-order valence-electron chi connectivity index (χ3n) is 2.66. The SMILES string of the molecule is Cn1cc(CCS(=O)(=O)c2ccc(N)cc2)cn1. The fourth-order valence-corrected chi connectivity index (χ4v) is 2.94. The number of aromatic nitrogens is 2. The molecular formula is C12H15N3O2S. The van der Waals surface area contributed by atoms with Gasteiger partial charge in [0, 0.05) is 18.9 Å². The van der Waals surface area contributed by atoms with Crippen molar-refractivity contribution in [3.63, 3.8) is 0 Å². The first-order chi connectivity index (χ1) is 8.47. The highest BCUT2D eigenvalue weighted by Gasteiger charge is 2.14. The predicted molar refractivity (Wildman–Crippen MR) is 69.8 cm³/mol. The van der Waals surface area contributed by atoms with Gasteiger partial charge in [-0.3, -0.25) is 4.68 Å². The average molecular weight is 265 g/mol. The van der Waals surface area contributed by atoms with Crippen LogP contribution >= 0.6 is 0 Å². The molecule has 0 amide bonds. The molecule has 0 saturated heterocycles. The van der Waals surface area contributed by atoms with Crippen LogP contribution in [-0.4, -0.2) is 24.0 Å². The lowest BCUT2D eigenvalue weighted by Gasteiger charge is -2.03. The molecule has 0 bridgehead atoms. The Kier molecular flexibility index (Phi) is 3.38. The van der Waals surface area contributed by atoms with Gasteiger partial charge >= 0.3 is 0 Å². The first-order valence-electron chi connectivity index (χ1n) is 5.53. The van der Waals surface area contributed by atoms with Crippen LogP contribution in [0.1, 0.15) is 5.56 Å². The van der Waals surface area contributed by atoms with Crippen LogP contribution in [0.15, 0.2) is 41.6 Å². The second kappa shape index (κ2) is 4.81. The standard InChI is InChI=1S/C12H15N3O2S/c1-15-9-10(8-14-15)6-7-18(16,17)12-4-2-11(13)3-5-12/h2-5,8-9H,6-7,13H2,1H3. The molecule has 2 N–H and O–H groups in total.